The van der Waals surface area contributed by atoms with Gasteiger partial charge in [-0.25, -0.2) is 0 Å². The van der Waals surface area contributed by atoms with E-state index in [1.54, 1.807) is 24.1 Å². The molecule has 0 aliphatic carbocycles. The van der Waals surface area contributed by atoms with Gasteiger partial charge in [0.15, 0.2) is 11.5 Å². The zero-order valence-corrected chi connectivity index (χ0v) is 14.2. The number of methoxy groups -OCH3 is 3. The van der Waals surface area contributed by atoms with Gasteiger partial charge in [0, 0.05) is 19.6 Å². The van der Waals surface area contributed by atoms with Gasteiger partial charge in [-0.15, -0.1) is 0 Å². The van der Waals surface area contributed by atoms with Crippen molar-refractivity contribution in [3.05, 3.63) is 17.7 Å². The second kappa shape index (κ2) is 7.39. The molecule has 8 heteroatoms. The summed E-state index contributed by atoms with van der Waals surface area (Å²) in [6.07, 6.45) is 0. The Morgan fingerprint density at radius 1 is 1.08 bits per heavy atom. The number of carboxylic acid groups (broad SMARTS) is 1. The number of carbonyl (C=O) groups is 2. The van der Waals surface area contributed by atoms with Crippen molar-refractivity contribution in [3.63, 3.8) is 0 Å². The predicted molar refractivity (Wildman–Crippen MR) is 86.1 cm³/mol. The lowest BCUT2D eigenvalue weighted by atomic mass is 10.1. The van der Waals surface area contributed by atoms with Gasteiger partial charge in [0.25, 0.3) is 5.91 Å². The Balaban J connectivity index is 2.34. The Bertz CT molecular complexity index is 633. The molecule has 1 aromatic rings. The molecule has 132 valence electrons. The number of nitrogens with zero attached hydrogens (tertiary/aromatic N) is 2. The van der Waals surface area contributed by atoms with Crippen LogP contribution in [0.1, 0.15) is 10.4 Å². The number of hydrogen-bond donors (Lipinski definition) is 1. The van der Waals surface area contributed by atoms with E-state index in [-0.39, 0.29) is 18.2 Å². The van der Waals surface area contributed by atoms with Crippen molar-refractivity contribution >= 4 is 11.9 Å². The number of aliphatic carboxylic acids is 1. The predicted octanol–water partition coefficient (Wildman–Crippen LogP) is 0.553. The Labute approximate surface area is 140 Å². The normalized spacial score (nSPS) is 18.2. The van der Waals surface area contributed by atoms with Gasteiger partial charge in [0.05, 0.1) is 26.9 Å². The number of carbonyl (C=O) groups excluding carboxylic acids is 1. The van der Waals surface area contributed by atoms with E-state index in [2.05, 4.69) is 0 Å². The summed E-state index contributed by atoms with van der Waals surface area (Å²) >= 11 is 0. The molecular weight excluding hydrogens is 316 g/mol. The van der Waals surface area contributed by atoms with Gasteiger partial charge in [0.2, 0.25) is 5.75 Å². The number of likely N-dealkylation sites (N-methyl/N-ethyl adjacent to an activating group) is 1. The Kier molecular flexibility index (Phi) is 5.50. The Morgan fingerprint density at radius 3 is 2.29 bits per heavy atom. The van der Waals surface area contributed by atoms with Crippen LogP contribution < -0.4 is 14.2 Å². The Morgan fingerprint density at radius 2 is 1.75 bits per heavy atom. The van der Waals surface area contributed by atoms with Crippen molar-refractivity contribution < 1.29 is 28.9 Å². The largest absolute Gasteiger partial charge is 0.493 e. The van der Waals surface area contributed by atoms with E-state index >= 15 is 0 Å². The van der Waals surface area contributed by atoms with E-state index in [0.29, 0.717) is 30.2 Å². The molecule has 24 heavy (non-hydrogen) atoms. The minimum absolute atomic E-state index is 0.113. The van der Waals surface area contributed by atoms with Gasteiger partial charge in [-0.2, -0.15) is 0 Å². The molecule has 0 bridgehead atoms. The lowest BCUT2D eigenvalue weighted by Gasteiger charge is -2.37. The third-order valence-electron chi connectivity index (χ3n) is 4.15. The fourth-order valence-electron chi connectivity index (χ4n) is 2.76. The molecule has 1 aliphatic rings. The van der Waals surface area contributed by atoms with Gasteiger partial charge in [-0.1, -0.05) is 0 Å². The van der Waals surface area contributed by atoms with E-state index in [1.165, 1.54) is 26.2 Å². The van der Waals surface area contributed by atoms with E-state index in [1.807, 2.05) is 0 Å². The summed E-state index contributed by atoms with van der Waals surface area (Å²) in [5.74, 6) is -0.198. The fraction of sp³-hybridized carbons (Fsp3) is 0.500. The third kappa shape index (κ3) is 3.23. The van der Waals surface area contributed by atoms with Gasteiger partial charge in [-0.05, 0) is 19.2 Å². The van der Waals surface area contributed by atoms with Crippen molar-refractivity contribution in [1.82, 2.24) is 9.80 Å². The summed E-state index contributed by atoms with van der Waals surface area (Å²) in [5, 5.41) is 9.29. The van der Waals surface area contributed by atoms with Crippen LogP contribution in [-0.4, -0.2) is 80.8 Å². The van der Waals surface area contributed by atoms with Crippen LogP contribution in [0.5, 0.6) is 17.2 Å². The van der Waals surface area contributed by atoms with Crippen LogP contribution >= 0.6 is 0 Å². The standard InChI is InChI=1S/C16H22N2O6/c1-17-7-8-18(9-11(17)16(20)21)15(19)10-5-6-12(22-2)14(24-4)13(10)23-3/h5-6,11H,7-9H2,1-4H3,(H,20,21). The number of amides is 1. The highest BCUT2D eigenvalue weighted by Crippen LogP contribution is 2.40. The molecular formula is C16H22N2O6. The van der Waals surface area contributed by atoms with E-state index in [4.69, 9.17) is 14.2 Å². The van der Waals surface area contributed by atoms with E-state index < -0.39 is 12.0 Å². The van der Waals surface area contributed by atoms with Crippen LogP contribution in [0.15, 0.2) is 12.1 Å². The summed E-state index contributed by atoms with van der Waals surface area (Å²) in [7, 11) is 6.14. The van der Waals surface area contributed by atoms with Crippen LogP contribution in [0.2, 0.25) is 0 Å². The number of piperazine rings is 1. The number of hydrogen-bond acceptors (Lipinski definition) is 6. The Hall–Kier alpha value is -2.48. The topological polar surface area (TPSA) is 88.5 Å². The molecule has 1 saturated heterocycles. The molecule has 1 amide bonds. The van der Waals surface area contributed by atoms with Crippen LogP contribution in [0.25, 0.3) is 0 Å². The molecule has 8 nitrogen and oxygen atoms in total. The average molecular weight is 338 g/mol. The SMILES string of the molecule is COc1ccc(C(=O)N2CCN(C)C(C(=O)O)C2)c(OC)c1OC. The maximum absolute atomic E-state index is 12.9. The molecule has 0 radical (unpaired) electrons. The summed E-state index contributed by atoms with van der Waals surface area (Å²) in [6.45, 7) is 1.04. The van der Waals surface area contributed by atoms with Gasteiger partial charge < -0.3 is 24.2 Å². The van der Waals surface area contributed by atoms with E-state index in [9.17, 15) is 14.7 Å². The summed E-state index contributed by atoms with van der Waals surface area (Å²) < 4.78 is 15.8. The van der Waals surface area contributed by atoms with Crippen molar-refractivity contribution in [2.45, 2.75) is 6.04 Å². The quantitative estimate of drug-likeness (QED) is 0.839. The molecule has 1 heterocycles. The summed E-state index contributed by atoms with van der Waals surface area (Å²) in [6, 6.07) is 2.49. The molecule has 1 aliphatic heterocycles. The summed E-state index contributed by atoms with van der Waals surface area (Å²) in [5.41, 5.74) is 0.309. The minimum atomic E-state index is -0.950. The highest BCUT2D eigenvalue weighted by atomic mass is 16.5. The maximum atomic E-state index is 12.9. The first-order valence-corrected chi connectivity index (χ1v) is 7.45. The molecule has 0 spiro atoms. The van der Waals surface area contributed by atoms with Crippen LogP contribution in [0.3, 0.4) is 0 Å². The smallest absolute Gasteiger partial charge is 0.322 e. The average Bonchev–Trinajstić information content (AvgIpc) is 2.59. The molecule has 1 N–H and O–H groups in total. The summed E-state index contributed by atoms with van der Waals surface area (Å²) in [4.78, 5) is 27.4. The van der Waals surface area contributed by atoms with Gasteiger partial charge in [-0.3, -0.25) is 14.5 Å². The molecule has 1 atom stereocenters. The number of ether oxygens (including phenoxy) is 3. The van der Waals surface area contributed by atoms with Crippen LogP contribution in [0, 0.1) is 0 Å². The number of carboxylic acids is 1. The fourth-order valence-corrected chi connectivity index (χ4v) is 2.76. The first-order valence-electron chi connectivity index (χ1n) is 7.45. The number of rotatable bonds is 5. The van der Waals surface area contributed by atoms with E-state index in [0.717, 1.165) is 0 Å². The second-order valence-corrected chi connectivity index (χ2v) is 5.47. The highest BCUT2D eigenvalue weighted by Gasteiger charge is 2.34. The van der Waals surface area contributed by atoms with Crippen LogP contribution in [0.4, 0.5) is 0 Å². The first-order chi connectivity index (χ1) is 11.4. The molecule has 1 unspecified atom stereocenters. The third-order valence-corrected chi connectivity index (χ3v) is 4.15. The second-order valence-electron chi connectivity index (χ2n) is 5.47. The highest BCUT2D eigenvalue weighted by molar-refractivity contribution is 5.98. The lowest BCUT2D eigenvalue weighted by molar-refractivity contribution is -0.144. The van der Waals surface area contributed by atoms with Crippen molar-refractivity contribution in [3.8, 4) is 17.2 Å². The molecule has 1 fully saturated rings. The maximum Gasteiger partial charge on any atom is 0.322 e. The minimum Gasteiger partial charge on any atom is -0.493 e. The van der Waals surface area contributed by atoms with Crippen molar-refractivity contribution in [1.29, 1.82) is 0 Å². The van der Waals surface area contributed by atoms with Crippen LogP contribution in [-0.2, 0) is 4.79 Å². The first kappa shape index (κ1) is 17.9. The van der Waals surface area contributed by atoms with Gasteiger partial charge >= 0.3 is 5.97 Å². The van der Waals surface area contributed by atoms with Gasteiger partial charge in [0.1, 0.15) is 6.04 Å². The zero-order valence-electron chi connectivity index (χ0n) is 14.2. The molecule has 2 rings (SSSR count). The van der Waals surface area contributed by atoms with Crippen molar-refractivity contribution in [2.75, 3.05) is 48.0 Å². The lowest BCUT2D eigenvalue weighted by Crippen LogP contribution is -2.56. The number of benzene rings is 1. The zero-order chi connectivity index (χ0) is 17.9. The monoisotopic (exact) mass is 338 g/mol. The van der Waals surface area contributed by atoms with Crippen molar-refractivity contribution in [2.24, 2.45) is 0 Å². The molecule has 1 aromatic carbocycles. The molecule has 0 aromatic heterocycles. The molecule has 0 saturated carbocycles.